The Kier molecular flexibility index (Phi) is 4.06. The van der Waals surface area contributed by atoms with Gasteiger partial charge in [-0.05, 0) is 0 Å². The second kappa shape index (κ2) is 6.50. The Morgan fingerprint density at radius 1 is 0.750 bits per heavy atom. The summed E-state index contributed by atoms with van der Waals surface area (Å²) in [6.07, 6.45) is 0. The Morgan fingerprint density at radius 3 is 2.21 bits per heavy atom. The van der Waals surface area contributed by atoms with E-state index in [1.807, 2.05) is 54.6 Å². The Bertz CT molecular complexity index is 950. The quantitative estimate of drug-likeness (QED) is 0.400. The van der Waals surface area contributed by atoms with Crippen molar-refractivity contribution in [3.63, 3.8) is 0 Å². The van der Waals surface area contributed by atoms with Gasteiger partial charge in [-0.2, -0.15) is 0 Å². The number of hydrogen-bond acceptors (Lipinski definition) is 2. The number of carbonyl (C=O) groups is 1. The van der Waals surface area contributed by atoms with Gasteiger partial charge in [-0.1, -0.05) is 0 Å². The van der Waals surface area contributed by atoms with E-state index in [4.69, 9.17) is 3.07 Å². The molecule has 0 radical (unpaired) electrons. The molecule has 3 aromatic carbocycles. The molecule has 0 aromatic heterocycles. The summed E-state index contributed by atoms with van der Waals surface area (Å²) in [5.74, 6) is 2.94. The molecule has 0 N–H and O–H groups in total. The first-order chi connectivity index (χ1) is 11.8. The molecular formula is C21H13IO2. The molecule has 0 saturated heterocycles. The van der Waals surface area contributed by atoms with Gasteiger partial charge in [0.15, 0.2) is 0 Å². The third kappa shape index (κ3) is 2.93. The van der Waals surface area contributed by atoms with Gasteiger partial charge in [-0.3, -0.25) is 0 Å². The summed E-state index contributed by atoms with van der Waals surface area (Å²) < 4.78 is 9.70. The van der Waals surface area contributed by atoms with Crippen LogP contribution in [0.15, 0.2) is 78.9 Å². The van der Waals surface area contributed by atoms with Crippen molar-refractivity contribution < 1.29 is 7.86 Å². The fraction of sp³-hybridized carbons (Fsp3) is 0. The van der Waals surface area contributed by atoms with Crippen LogP contribution in [0.2, 0.25) is 0 Å². The van der Waals surface area contributed by atoms with Crippen LogP contribution in [0.25, 0.3) is 11.1 Å². The predicted molar refractivity (Wildman–Crippen MR) is 103 cm³/mol. The summed E-state index contributed by atoms with van der Waals surface area (Å²) in [6, 6.07) is 25.9. The van der Waals surface area contributed by atoms with E-state index in [1.54, 1.807) is 0 Å². The van der Waals surface area contributed by atoms with Gasteiger partial charge in [-0.25, -0.2) is 0 Å². The van der Waals surface area contributed by atoms with Gasteiger partial charge in [0, 0.05) is 0 Å². The zero-order chi connectivity index (χ0) is 16.4. The molecule has 24 heavy (non-hydrogen) atoms. The molecule has 0 atom stereocenters. The van der Waals surface area contributed by atoms with E-state index in [0.29, 0.717) is 5.56 Å². The van der Waals surface area contributed by atoms with Crippen molar-refractivity contribution in [1.82, 2.24) is 0 Å². The first kappa shape index (κ1) is 15.0. The Morgan fingerprint density at radius 2 is 1.42 bits per heavy atom. The van der Waals surface area contributed by atoms with Crippen molar-refractivity contribution in [2.24, 2.45) is 0 Å². The Balaban J connectivity index is 1.57. The Labute approximate surface area is 148 Å². The van der Waals surface area contributed by atoms with Gasteiger partial charge in [-0.15, -0.1) is 0 Å². The summed E-state index contributed by atoms with van der Waals surface area (Å²) in [7, 11) is 0. The van der Waals surface area contributed by atoms with Gasteiger partial charge in [0.2, 0.25) is 0 Å². The third-order valence-electron chi connectivity index (χ3n) is 3.70. The molecule has 0 amide bonds. The molecule has 1 heterocycles. The van der Waals surface area contributed by atoms with Crippen molar-refractivity contribution in [2.75, 3.05) is 0 Å². The summed E-state index contributed by atoms with van der Waals surface area (Å²) in [5, 5.41) is 0. The van der Waals surface area contributed by atoms with Crippen LogP contribution in [0.1, 0.15) is 15.9 Å². The SMILES string of the molecule is O=C1OI(C#Cc2ccc(-c3ccccc3)cc2)c2ccccc21. The van der Waals surface area contributed by atoms with Crippen molar-refractivity contribution in [3.05, 3.63) is 93.6 Å². The molecule has 0 unspecified atom stereocenters. The van der Waals surface area contributed by atoms with Crippen molar-refractivity contribution in [2.45, 2.75) is 0 Å². The van der Waals surface area contributed by atoms with E-state index >= 15 is 0 Å². The van der Waals surface area contributed by atoms with Gasteiger partial charge in [0.1, 0.15) is 0 Å². The van der Waals surface area contributed by atoms with Crippen LogP contribution in [0.3, 0.4) is 0 Å². The maximum atomic E-state index is 11.8. The topological polar surface area (TPSA) is 26.3 Å². The minimum absolute atomic E-state index is 0.232. The fourth-order valence-electron chi connectivity index (χ4n) is 2.47. The van der Waals surface area contributed by atoms with E-state index in [2.05, 4.69) is 34.1 Å². The molecule has 4 rings (SSSR count). The first-order valence-electron chi connectivity index (χ1n) is 7.50. The van der Waals surface area contributed by atoms with E-state index in [-0.39, 0.29) is 5.97 Å². The second-order valence-corrected chi connectivity index (χ2v) is 8.82. The van der Waals surface area contributed by atoms with Gasteiger partial charge in [0.25, 0.3) is 0 Å². The molecule has 3 aromatic rings. The molecule has 0 bridgehead atoms. The first-order valence-corrected chi connectivity index (χ1v) is 10.5. The van der Waals surface area contributed by atoms with E-state index < -0.39 is 20.2 Å². The fourth-order valence-corrected chi connectivity index (χ4v) is 5.77. The molecule has 0 spiro atoms. The monoisotopic (exact) mass is 424 g/mol. The van der Waals surface area contributed by atoms with E-state index in [1.165, 1.54) is 5.56 Å². The van der Waals surface area contributed by atoms with Crippen LogP contribution in [0.4, 0.5) is 0 Å². The molecule has 0 fully saturated rings. The van der Waals surface area contributed by atoms with Crippen LogP contribution in [-0.4, -0.2) is 5.97 Å². The number of carbonyl (C=O) groups excluding carboxylic acids is 1. The minimum atomic E-state index is -2.18. The van der Waals surface area contributed by atoms with Gasteiger partial charge >= 0.3 is 149 Å². The van der Waals surface area contributed by atoms with Crippen molar-refractivity contribution in [1.29, 1.82) is 0 Å². The van der Waals surface area contributed by atoms with Crippen LogP contribution >= 0.6 is 20.2 Å². The standard InChI is InChI=1S/C21H13IO2/c23-21-19-8-4-5-9-20(19)22(24-21)15-14-16-10-12-18(13-11-16)17-6-2-1-3-7-17/h1-13H. The number of benzene rings is 3. The number of halogens is 1. The van der Waals surface area contributed by atoms with Crippen LogP contribution in [-0.2, 0) is 3.07 Å². The number of fused-ring (bicyclic) bond motifs is 1. The molecule has 0 saturated carbocycles. The van der Waals surface area contributed by atoms with Crippen molar-refractivity contribution in [3.8, 4) is 21.0 Å². The normalized spacial score (nSPS) is 13.7. The van der Waals surface area contributed by atoms with Gasteiger partial charge < -0.3 is 0 Å². The molecule has 1 aliphatic heterocycles. The maximum absolute atomic E-state index is 11.8. The van der Waals surface area contributed by atoms with Gasteiger partial charge in [0.05, 0.1) is 0 Å². The third-order valence-corrected chi connectivity index (χ3v) is 7.29. The molecule has 116 valence electrons. The molecular weight excluding hydrogens is 411 g/mol. The second-order valence-electron chi connectivity index (χ2n) is 5.26. The Hall–Kier alpha value is -2.58. The average molecular weight is 424 g/mol. The summed E-state index contributed by atoms with van der Waals surface area (Å²) >= 11 is -2.18. The summed E-state index contributed by atoms with van der Waals surface area (Å²) in [4.78, 5) is 11.8. The summed E-state index contributed by atoms with van der Waals surface area (Å²) in [6.45, 7) is 0. The summed E-state index contributed by atoms with van der Waals surface area (Å²) in [5.41, 5.74) is 3.97. The average Bonchev–Trinajstić information content (AvgIpc) is 2.98. The molecule has 0 aliphatic carbocycles. The van der Waals surface area contributed by atoms with E-state index in [9.17, 15) is 4.79 Å². The van der Waals surface area contributed by atoms with E-state index in [0.717, 1.165) is 14.7 Å². The van der Waals surface area contributed by atoms with Crippen LogP contribution in [0, 0.1) is 13.4 Å². The number of rotatable bonds is 1. The predicted octanol–water partition coefficient (Wildman–Crippen LogP) is 5.12. The molecule has 1 aliphatic rings. The molecule has 2 nitrogen and oxygen atoms in total. The number of hydrogen-bond donors (Lipinski definition) is 0. The zero-order valence-electron chi connectivity index (χ0n) is 12.7. The zero-order valence-corrected chi connectivity index (χ0v) is 14.9. The van der Waals surface area contributed by atoms with Crippen LogP contribution < -0.4 is 0 Å². The van der Waals surface area contributed by atoms with Crippen LogP contribution in [0.5, 0.6) is 0 Å². The van der Waals surface area contributed by atoms with Crippen molar-refractivity contribution >= 4 is 26.2 Å². The molecule has 3 heteroatoms.